The Bertz CT molecular complexity index is 723. The summed E-state index contributed by atoms with van der Waals surface area (Å²) in [5, 5.41) is 0. The molecule has 0 heterocycles. The van der Waals surface area contributed by atoms with Crippen LogP contribution in [0.4, 0.5) is 4.79 Å². The maximum atomic E-state index is 13.4. The van der Waals surface area contributed by atoms with Gasteiger partial charge in [-0.25, -0.2) is 9.36 Å². The van der Waals surface area contributed by atoms with Gasteiger partial charge in [0.05, 0.1) is 20.3 Å². The van der Waals surface area contributed by atoms with Crippen LogP contribution >= 0.6 is 7.82 Å². The average Bonchev–Trinajstić information content (AvgIpc) is 2.58. The molecule has 1 amide bonds. The number of carbonyl (C=O) groups is 1. The fourth-order valence-corrected chi connectivity index (χ4v) is 5.17. The van der Waals surface area contributed by atoms with Gasteiger partial charge in [-0.2, -0.15) is 0 Å². The van der Waals surface area contributed by atoms with Crippen LogP contribution in [0.3, 0.4) is 0 Å². The number of benzene rings is 1. The quantitative estimate of drug-likeness (QED) is 0.296. The molecule has 0 aromatic heterocycles. The zero-order valence-electron chi connectivity index (χ0n) is 19.1. The van der Waals surface area contributed by atoms with Gasteiger partial charge in [0.25, 0.3) is 0 Å². The fraction of sp³-hybridized carbons (Fsp3) is 0.632. The van der Waals surface area contributed by atoms with Crippen molar-refractivity contribution in [1.29, 1.82) is 0 Å². The third-order valence-electron chi connectivity index (χ3n) is 4.05. The zero-order chi connectivity index (χ0) is 23.0. The Morgan fingerprint density at radius 1 is 1.00 bits per heavy atom. The summed E-state index contributed by atoms with van der Waals surface area (Å²) in [7, 11) is -5.16. The molecule has 172 valence electrons. The van der Waals surface area contributed by atoms with E-state index in [1.165, 1.54) is 7.11 Å². The lowest BCUT2D eigenvalue weighted by molar-refractivity contribution is 0.147. The van der Waals surface area contributed by atoms with E-state index in [0.29, 0.717) is 11.3 Å². The van der Waals surface area contributed by atoms with E-state index < -0.39 is 30.1 Å². The summed E-state index contributed by atoms with van der Waals surface area (Å²) < 4.78 is 40.5. The standard InChI is InChI=1S/C19H36NO7PSi2/c1-23-17-8-9-18(16(14-17)15-24-19(20)21)27-28(22,25-10-12-29(2,3)4)26-11-13-30(5,6)7/h8-9,14H,10-13,15H2,1-7H3,(H2,20,21). The number of hydrogen-bond acceptors (Lipinski definition) is 7. The number of ether oxygens (including phenoxy) is 2. The predicted molar refractivity (Wildman–Crippen MR) is 124 cm³/mol. The lowest BCUT2D eigenvalue weighted by Crippen LogP contribution is -2.23. The van der Waals surface area contributed by atoms with Crippen LogP contribution in [-0.2, 0) is 25.0 Å². The van der Waals surface area contributed by atoms with E-state index in [-0.39, 0.29) is 25.6 Å². The van der Waals surface area contributed by atoms with Crippen LogP contribution in [0.15, 0.2) is 18.2 Å². The number of hydrogen-bond donors (Lipinski definition) is 1. The van der Waals surface area contributed by atoms with Gasteiger partial charge in [-0.1, -0.05) is 39.3 Å². The van der Waals surface area contributed by atoms with Gasteiger partial charge in [-0.05, 0) is 30.3 Å². The summed E-state index contributed by atoms with van der Waals surface area (Å²) in [6.45, 7) is 13.6. The SMILES string of the molecule is COc1ccc(OP(=O)(OCC[Si](C)(C)C)OCC[Si](C)(C)C)c(COC(N)=O)c1. The highest BCUT2D eigenvalue weighted by atomic mass is 31.2. The zero-order valence-corrected chi connectivity index (χ0v) is 22.0. The van der Waals surface area contributed by atoms with Crippen molar-refractivity contribution < 1.29 is 32.4 Å². The maximum Gasteiger partial charge on any atom is 0.530 e. The average molecular weight is 478 g/mol. The van der Waals surface area contributed by atoms with Gasteiger partial charge in [0.2, 0.25) is 0 Å². The summed E-state index contributed by atoms with van der Waals surface area (Å²) in [6.07, 6.45) is -0.926. The monoisotopic (exact) mass is 477 g/mol. The number of methoxy groups -OCH3 is 1. The molecule has 0 fully saturated rings. The van der Waals surface area contributed by atoms with Crippen molar-refractivity contribution in [2.75, 3.05) is 20.3 Å². The number of phosphoric ester groups is 1. The molecular formula is C19H36NO7PSi2. The van der Waals surface area contributed by atoms with Gasteiger partial charge in [-0.3, -0.25) is 9.05 Å². The molecule has 0 bridgehead atoms. The molecule has 1 rings (SSSR count). The van der Waals surface area contributed by atoms with Crippen molar-refractivity contribution in [3.8, 4) is 11.5 Å². The van der Waals surface area contributed by atoms with E-state index in [2.05, 4.69) is 39.3 Å². The third kappa shape index (κ3) is 11.2. The van der Waals surface area contributed by atoms with E-state index in [9.17, 15) is 9.36 Å². The maximum absolute atomic E-state index is 13.4. The summed E-state index contributed by atoms with van der Waals surface area (Å²) in [5.74, 6) is 0.751. The molecule has 0 aliphatic carbocycles. The van der Waals surface area contributed by atoms with Crippen LogP contribution in [0.2, 0.25) is 51.4 Å². The molecule has 30 heavy (non-hydrogen) atoms. The second kappa shape index (κ2) is 11.3. The second-order valence-electron chi connectivity index (χ2n) is 9.41. The summed E-state index contributed by atoms with van der Waals surface area (Å²) in [5.41, 5.74) is 5.51. The fourth-order valence-electron chi connectivity index (χ4n) is 2.17. The Labute approximate surface area is 182 Å². The molecule has 0 saturated heterocycles. The van der Waals surface area contributed by atoms with Crippen molar-refractivity contribution in [2.45, 2.75) is 58.0 Å². The van der Waals surface area contributed by atoms with Gasteiger partial charge in [0, 0.05) is 21.7 Å². The van der Waals surface area contributed by atoms with Gasteiger partial charge < -0.3 is 19.7 Å². The lowest BCUT2D eigenvalue weighted by Gasteiger charge is -2.23. The normalized spacial score (nSPS) is 12.5. The summed E-state index contributed by atoms with van der Waals surface area (Å²) >= 11 is 0. The number of rotatable bonds is 13. The minimum absolute atomic E-state index is 0.161. The van der Waals surface area contributed by atoms with Gasteiger partial charge in [0.1, 0.15) is 18.1 Å². The molecule has 0 radical (unpaired) electrons. The first-order chi connectivity index (χ1) is 13.7. The Morgan fingerprint density at radius 2 is 1.53 bits per heavy atom. The van der Waals surface area contributed by atoms with Crippen molar-refractivity contribution >= 4 is 30.1 Å². The van der Waals surface area contributed by atoms with Gasteiger partial charge in [0.15, 0.2) is 0 Å². The number of amides is 1. The first kappa shape index (κ1) is 26.7. The van der Waals surface area contributed by atoms with Crippen LogP contribution in [0.1, 0.15) is 5.56 Å². The van der Waals surface area contributed by atoms with Crippen LogP contribution in [-0.4, -0.2) is 42.6 Å². The van der Waals surface area contributed by atoms with E-state index in [0.717, 1.165) is 12.1 Å². The molecule has 11 heteroatoms. The molecule has 2 N–H and O–H groups in total. The molecule has 1 aromatic carbocycles. The van der Waals surface area contributed by atoms with Crippen LogP contribution in [0.25, 0.3) is 0 Å². The van der Waals surface area contributed by atoms with Crippen molar-refractivity contribution in [1.82, 2.24) is 0 Å². The van der Waals surface area contributed by atoms with Crippen LogP contribution in [0, 0.1) is 0 Å². The molecule has 0 unspecified atom stereocenters. The van der Waals surface area contributed by atoms with Crippen molar-refractivity contribution in [2.24, 2.45) is 5.73 Å². The number of primary amides is 1. The second-order valence-corrected chi connectivity index (χ2v) is 22.2. The first-order valence-corrected chi connectivity index (χ1v) is 18.8. The topological polar surface area (TPSA) is 106 Å². The largest absolute Gasteiger partial charge is 0.530 e. The smallest absolute Gasteiger partial charge is 0.497 e. The Balaban J connectivity index is 3.05. The lowest BCUT2D eigenvalue weighted by atomic mass is 10.2. The Morgan fingerprint density at radius 3 is 1.97 bits per heavy atom. The third-order valence-corrected chi connectivity index (χ3v) is 8.88. The molecule has 8 nitrogen and oxygen atoms in total. The van der Waals surface area contributed by atoms with Crippen molar-refractivity contribution in [3.05, 3.63) is 23.8 Å². The Hall–Kier alpha value is -1.33. The number of phosphoric acid groups is 1. The van der Waals surface area contributed by atoms with Crippen molar-refractivity contribution in [3.63, 3.8) is 0 Å². The Kier molecular flexibility index (Phi) is 10.1. The molecule has 0 aliphatic rings. The predicted octanol–water partition coefficient (Wildman–Crippen LogP) is 5.49. The van der Waals surface area contributed by atoms with Gasteiger partial charge in [-0.15, -0.1) is 0 Å². The van der Waals surface area contributed by atoms with E-state index >= 15 is 0 Å². The minimum Gasteiger partial charge on any atom is -0.497 e. The molecule has 0 aliphatic heterocycles. The molecule has 0 saturated carbocycles. The summed E-state index contributed by atoms with van der Waals surface area (Å²) in [6, 6.07) is 6.48. The number of nitrogens with two attached hydrogens (primary N) is 1. The molecule has 1 aromatic rings. The summed E-state index contributed by atoms with van der Waals surface area (Å²) in [4.78, 5) is 11.0. The molecule has 0 atom stereocenters. The van der Waals surface area contributed by atoms with E-state index in [1.807, 2.05) is 0 Å². The highest BCUT2D eigenvalue weighted by molar-refractivity contribution is 7.49. The van der Waals surface area contributed by atoms with Crippen LogP contribution < -0.4 is 15.0 Å². The highest BCUT2D eigenvalue weighted by Gasteiger charge is 2.31. The molecular weight excluding hydrogens is 441 g/mol. The first-order valence-electron chi connectivity index (χ1n) is 9.91. The number of carbonyl (C=O) groups excluding carboxylic acids is 1. The van der Waals surface area contributed by atoms with E-state index in [1.54, 1.807) is 18.2 Å². The van der Waals surface area contributed by atoms with Crippen LogP contribution in [0.5, 0.6) is 11.5 Å². The molecule has 0 spiro atoms. The minimum atomic E-state index is -3.88. The highest BCUT2D eigenvalue weighted by Crippen LogP contribution is 2.51. The van der Waals surface area contributed by atoms with E-state index in [4.69, 9.17) is 28.8 Å². The van der Waals surface area contributed by atoms with Gasteiger partial charge >= 0.3 is 13.9 Å².